The molecule has 8 aromatic carbocycles. The Hall–Kier alpha value is -6.60. The fourth-order valence-electron chi connectivity index (χ4n) is 14.2. The van der Waals surface area contributed by atoms with Crippen molar-refractivity contribution in [2.75, 3.05) is 5.32 Å². The van der Waals surface area contributed by atoms with Gasteiger partial charge in [0.1, 0.15) is 11.2 Å². The molecule has 0 amide bonds. The predicted octanol–water partition coefficient (Wildman–Crippen LogP) is 19.0. The lowest BCUT2D eigenvalue weighted by atomic mass is 9.62. The van der Waals surface area contributed by atoms with E-state index in [4.69, 9.17) is 4.42 Å². The van der Waals surface area contributed by atoms with E-state index in [1.54, 1.807) is 0 Å². The molecule has 2 aliphatic carbocycles. The van der Waals surface area contributed by atoms with Crippen molar-refractivity contribution in [1.82, 2.24) is 4.57 Å². The van der Waals surface area contributed by atoms with Crippen LogP contribution in [0.2, 0.25) is 0 Å². The van der Waals surface area contributed by atoms with Crippen molar-refractivity contribution in [1.29, 1.82) is 0 Å². The van der Waals surface area contributed by atoms with Crippen molar-refractivity contribution in [3.63, 3.8) is 0 Å². The van der Waals surface area contributed by atoms with Gasteiger partial charge in [0.05, 0.1) is 22.1 Å². The number of para-hydroxylation sites is 1. The van der Waals surface area contributed by atoms with Crippen LogP contribution in [0.3, 0.4) is 0 Å². The van der Waals surface area contributed by atoms with E-state index in [1.807, 2.05) is 22.7 Å². The smallest absolute Gasteiger partial charge is 0.211 e. The van der Waals surface area contributed by atoms with Gasteiger partial charge in [-0.15, -0.1) is 22.7 Å². The van der Waals surface area contributed by atoms with Crippen LogP contribution in [0.15, 0.2) is 138 Å². The third kappa shape index (κ3) is 6.65. The monoisotopic (exact) mass is 1020 g/mol. The van der Waals surface area contributed by atoms with Crippen LogP contribution in [0, 0.1) is 0 Å². The lowest BCUT2D eigenvalue weighted by molar-refractivity contribution is 0.332. The maximum absolute atomic E-state index is 7.47. The van der Waals surface area contributed by atoms with Crippen LogP contribution >= 0.6 is 22.7 Å². The second-order valence-corrected chi connectivity index (χ2v) is 28.9. The number of aromatic nitrogens is 1. The minimum Gasteiger partial charge on any atom is -0.455 e. The molecule has 76 heavy (non-hydrogen) atoms. The number of benzene rings is 8. The molecule has 0 saturated carbocycles. The van der Waals surface area contributed by atoms with E-state index in [9.17, 15) is 0 Å². The number of rotatable bonds is 4. The minimum absolute atomic E-state index is 0.0295. The average Bonchev–Trinajstić information content (AvgIpc) is 4.34. The van der Waals surface area contributed by atoms with Crippen LogP contribution in [-0.4, -0.2) is 11.8 Å². The van der Waals surface area contributed by atoms with E-state index in [2.05, 4.69) is 220 Å². The van der Waals surface area contributed by atoms with Crippen LogP contribution in [0.4, 0.5) is 11.4 Å². The molecule has 15 rings (SSSR count). The maximum atomic E-state index is 7.47. The molecule has 3 aliphatic rings. The summed E-state index contributed by atoms with van der Waals surface area (Å²) in [5, 5.41) is 13.0. The van der Waals surface area contributed by atoms with Crippen LogP contribution in [0.5, 0.6) is 0 Å². The molecular weight excluding hydrogens is 960 g/mol. The average molecular weight is 1030 g/mol. The Bertz CT molecular complexity index is 4490. The van der Waals surface area contributed by atoms with E-state index in [0.717, 1.165) is 48.0 Å². The second-order valence-electron chi connectivity index (χ2n) is 26.6. The highest BCUT2D eigenvalue weighted by Gasteiger charge is 2.41. The van der Waals surface area contributed by atoms with Gasteiger partial charge in [-0.05, 0) is 174 Å². The zero-order valence-corrected chi connectivity index (χ0v) is 47.5. The van der Waals surface area contributed by atoms with Crippen molar-refractivity contribution < 1.29 is 4.42 Å². The number of hydrogen-bond donors (Lipinski definition) is 1. The Morgan fingerprint density at radius 1 is 0.539 bits per heavy atom. The largest absolute Gasteiger partial charge is 0.455 e. The number of furan rings is 1. The topological polar surface area (TPSA) is 30.1 Å². The van der Waals surface area contributed by atoms with Gasteiger partial charge in [0.2, 0.25) is 7.28 Å². The molecule has 0 bridgehead atoms. The number of thiophene rings is 2. The summed E-state index contributed by atoms with van der Waals surface area (Å²) in [7, 11) is 0.808. The maximum Gasteiger partial charge on any atom is 0.211 e. The molecule has 0 spiro atoms. The highest BCUT2D eigenvalue weighted by atomic mass is 32.1. The molecule has 4 aromatic heterocycles. The highest BCUT2D eigenvalue weighted by molar-refractivity contribution is 7.29. The molecule has 0 atom stereocenters. The Labute approximate surface area is 455 Å². The van der Waals surface area contributed by atoms with Crippen molar-refractivity contribution >= 4 is 126 Å². The van der Waals surface area contributed by atoms with Crippen molar-refractivity contribution in [3.8, 4) is 27.9 Å². The number of nitrogens with zero attached hydrogens (tertiary/aromatic N) is 1. The van der Waals surface area contributed by atoms with Crippen LogP contribution in [0.25, 0.3) is 102 Å². The van der Waals surface area contributed by atoms with E-state index >= 15 is 0 Å². The van der Waals surface area contributed by atoms with Gasteiger partial charge in [0.15, 0.2) is 0 Å². The quantitative estimate of drug-likeness (QED) is 0.178. The summed E-state index contributed by atoms with van der Waals surface area (Å²) in [6.07, 6.45) is 4.68. The minimum atomic E-state index is 0.0295. The summed E-state index contributed by atoms with van der Waals surface area (Å²) in [5.41, 5.74) is 21.9. The number of nitrogens with one attached hydrogen (secondary N) is 1. The molecular formula is C70H65BN2OS2. The van der Waals surface area contributed by atoms with E-state index in [1.165, 1.54) is 136 Å². The Balaban J connectivity index is 1.11. The molecule has 376 valence electrons. The zero-order chi connectivity index (χ0) is 52.2. The Morgan fingerprint density at radius 3 is 1.86 bits per heavy atom. The molecule has 5 heterocycles. The first-order valence-corrected chi connectivity index (χ1v) is 29.4. The number of anilines is 2. The molecule has 1 aliphatic heterocycles. The summed E-state index contributed by atoms with van der Waals surface area (Å²) in [5.74, 6) is 0. The number of hydrogen-bond acceptors (Lipinski definition) is 4. The van der Waals surface area contributed by atoms with Crippen molar-refractivity contribution in [3.05, 3.63) is 161 Å². The molecule has 3 nitrogen and oxygen atoms in total. The van der Waals surface area contributed by atoms with Crippen molar-refractivity contribution in [2.24, 2.45) is 0 Å². The summed E-state index contributed by atoms with van der Waals surface area (Å²) in [4.78, 5) is 0. The van der Waals surface area contributed by atoms with Crippen LogP contribution in [-0.2, 0) is 27.1 Å². The summed E-state index contributed by atoms with van der Waals surface area (Å²) in [6.45, 7) is 26.6. The SMILES string of the molecule is CC(C)(C)c1ccc(Nc2cc3sc4cc5c(cc4c3cc2-c2c3c4c(c6cc7c(cc6n4-c4c(sc6ccc(-c8ccccc8)cc46)B3)C(C)(C)CCC7(C)C)c3oc4ccccc4c23)C(C)(C)CCC5(C)C)cc1. The molecule has 0 radical (unpaired) electrons. The molecule has 0 saturated heterocycles. The molecule has 6 heteroatoms. The standard InChI is InChI=1S/C70H65BN2OS2/c1-66(2,3)40-22-24-41(25-23-40)72-52-37-57-43(44-33-48-51(36-56(44)75-57)70(10,11)30-28-67(48,4)5)32-45(52)58-59-42-19-15-16-20-54(42)74-64(59)60-46-34-49-50(69(8,9)29-27-68(49,6)7)35-53(46)73-62-47-31-39(38-17-13-12-14-18-38)21-26-55(47)76-65(62)71-61(58)63(60)73/h12-26,31-37,71-72H,27-30H2,1-11H3. The van der Waals surface area contributed by atoms with Gasteiger partial charge in [-0.2, -0.15) is 0 Å². The highest BCUT2D eigenvalue weighted by Crippen LogP contribution is 2.55. The van der Waals surface area contributed by atoms with Gasteiger partial charge in [0, 0.05) is 63.4 Å². The molecule has 12 aromatic rings. The van der Waals surface area contributed by atoms with Gasteiger partial charge in [-0.1, -0.05) is 143 Å². The Kier molecular flexibility index (Phi) is 9.55. The molecule has 0 fully saturated rings. The summed E-state index contributed by atoms with van der Waals surface area (Å²) in [6, 6.07) is 51.5. The first kappa shape index (κ1) is 46.7. The van der Waals surface area contributed by atoms with Gasteiger partial charge in [0.25, 0.3) is 0 Å². The summed E-state index contributed by atoms with van der Waals surface area (Å²) >= 11 is 3.93. The van der Waals surface area contributed by atoms with Gasteiger partial charge < -0.3 is 14.3 Å². The van der Waals surface area contributed by atoms with E-state index < -0.39 is 0 Å². The lowest BCUT2D eigenvalue weighted by Crippen LogP contribution is -2.35. The second kappa shape index (κ2) is 15.5. The van der Waals surface area contributed by atoms with Gasteiger partial charge in [-0.3, -0.25) is 0 Å². The van der Waals surface area contributed by atoms with E-state index in [-0.39, 0.29) is 27.1 Å². The van der Waals surface area contributed by atoms with Gasteiger partial charge in [-0.25, -0.2) is 0 Å². The third-order valence-electron chi connectivity index (χ3n) is 18.9. The summed E-state index contributed by atoms with van der Waals surface area (Å²) < 4.78 is 15.6. The molecule has 1 N–H and O–H groups in total. The zero-order valence-electron chi connectivity index (χ0n) is 45.9. The lowest BCUT2D eigenvalue weighted by Gasteiger charge is -2.42. The third-order valence-corrected chi connectivity index (χ3v) is 21.2. The van der Waals surface area contributed by atoms with Crippen LogP contribution in [0.1, 0.15) is 130 Å². The molecule has 0 unspecified atom stereocenters. The fraction of sp³-hybridized carbons (Fsp3) is 0.286. The first-order valence-electron chi connectivity index (χ1n) is 27.8. The van der Waals surface area contributed by atoms with Crippen LogP contribution < -0.4 is 15.6 Å². The normalized spacial score (nSPS) is 17.2. The fourth-order valence-corrected chi connectivity index (χ4v) is 16.5. The first-order chi connectivity index (χ1) is 36.2. The van der Waals surface area contributed by atoms with E-state index in [0.29, 0.717) is 0 Å². The number of fused-ring (bicyclic) bond motifs is 16. The predicted molar refractivity (Wildman–Crippen MR) is 333 cm³/mol. The Morgan fingerprint density at radius 2 is 1.16 bits per heavy atom. The van der Waals surface area contributed by atoms with Crippen molar-refractivity contribution in [2.45, 2.75) is 129 Å². The van der Waals surface area contributed by atoms with Gasteiger partial charge >= 0.3 is 0 Å².